The third-order valence-electron chi connectivity index (χ3n) is 4.49. The van der Waals surface area contributed by atoms with Gasteiger partial charge in [0.05, 0.1) is 0 Å². The Kier molecular flexibility index (Phi) is 25.2. The molecule has 25 heavy (non-hydrogen) atoms. The quantitative estimate of drug-likeness (QED) is 0.120. The summed E-state index contributed by atoms with van der Waals surface area (Å²) in [7, 11) is 0. The molecule has 0 bridgehead atoms. The van der Waals surface area contributed by atoms with Crippen molar-refractivity contribution in [1.82, 2.24) is 0 Å². The van der Waals surface area contributed by atoms with Crippen LogP contribution in [0.4, 0.5) is 0 Å². The number of unbranched alkanes of at least 4 members (excludes halogenated alkanes) is 15. The maximum Gasteiger partial charge on any atom is 0.209 e. The molecule has 0 fully saturated rings. The number of rotatable bonds is 17. The van der Waals surface area contributed by atoms with Crippen LogP contribution in [-0.2, 0) is 0 Å². The van der Waals surface area contributed by atoms with Gasteiger partial charge in [-0.15, -0.1) is 12.6 Å². The summed E-state index contributed by atoms with van der Waals surface area (Å²) in [5.41, 5.74) is 0. The van der Waals surface area contributed by atoms with Crippen LogP contribution >= 0.6 is 25.3 Å². The van der Waals surface area contributed by atoms with Gasteiger partial charge in [-0.3, -0.25) is 0 Å². The maximum absolute atomic E-state index is 8.25. The minimum Gasteiger partial charge on any atom is -0.357 e. The molecule has 0 saturated carbocycles. The lowest BCUT2D eigenvalue weighted by Crippen LogP contribution is -2.16. The summed E-state index contributed by atoms with van der Waals surface area (Å²) in [6.07, 6.45) is 23.4. The van der Waals surface area contributed by atoms with Crippen molar-refractivity contribution in [3.05, 3.63) is 0 Å². The molecule has 0 heterocycles. The Morgan fingerprint density at radius 2 is 0.800 bits per heavy atom. The van der Waals surface area contributed by atoms with E-state index in [0.717, 1.165) is 5.75 Å². The third kappa shape index (κ3) is 32.7. The van der Waals surface area contributed by atoms with Crippen LogP contribution in [0.1, 0.15) is 123 Å². The Morgan fingerprint density at radius 1 is 0.560 bits per heavy atom. The molecule has 0 radical (unpaired) electrons. The first-order chi connectivity index (χ1) is 12.0. The highest BCUT2D eigenvalue weighted by molar-refractivity contribution is 7.81. The van der Waals surface area contributed by atoms with Crippen LogP contribution in [0.25, 0.3) is 0 Å². The molecule has 0 aromatic rings. The highest BCUT2D eigenvalue weighted by Crippen LogP contribution is 2.13. The molecule has 2 nitrogen and oxygen atoms in total. The summed E-state index contributed by atoms with van der Waals surface area (Å²) in [5.74, 6) is 1.07. The summed E-state index contributed by atoms with van der Waals surface area (Å²) in [5, 5.41) is 14.7. The summed E-state index contributed by atoms with van der Waals surface area (Å²) < 4.78 is 0. The zero-order valence-electron chi connectivity index (χ0n) is 17.0. The number of hydrogen-bond acceptors (Lipinski definition) is 4. The van der Waals surface area contributed by atoms with E-state index in [-0.39, 0.29) is 6.42 Å². The van der Waals surface area contributed by atoms with E-state index in [1.54, 1.807) is 6.92 Å². The van der Waals surface area contributed by atoms with Gasteiger partial charge in [0.25, 0.3) is 0 Å². The molecule has 0 aliphatic rings. The van der Waals surface area contributed by atoms with Crippen molar-refractivity contribution in [2.75, 3.05) is 5.75 Å². The summed E-state index contributed by atoms with van der Waals surface area (Å²) >= 11 is 7.61. The Labute approximate surface area is 169 Å². The molecule has 2 N–H and O–H groups in total. The van der Waals surface area contributed by atoms with Gasteiger partial charge in [-0.05, 0) is 12.2 Å². The molecule has 0 unspecified atom stereocenters. The van der Waals surface area contributed by atoms with Crippen LogP contribution in [0.3, 0.4) is 0 Å². The SMILES string of the molecule is CCC(O)(O)S.CCCCCCCCCCCCCCCCCCS. The molecule has 0 amide bonds. The van der Waals surface area contributed by atoms with Crippen molar-refractivity contribution in [2.24, 2.45) is 0 Å². The molecule has 0 aromatic heterocycles. The Balaban J connectivity index is 0. The second-order valence-corrected chi connectivity index (χ2v) is 8.32. The average Bonchev–Trinajstić information content (AvgIpc) is 2.58. The van der Waals surface area contributed by atoms with Crippen LogP contribution in [0.2, 0.25) is 0 Å². The Bertz CT molecular complexity index is 214. The molecule has 0 aromatic carbocycles. The largest absolute Gasteiger partial charge is 0.357 e. The van der Waals surface area contributed by atoms with E-state index < -0.39 is 5.12 Å². The van der Waals surface area contributed by atoms with Crippen molar-refractivity contribution in [1.29, 1.82) is 0 Å². The molecule has 0 spiro atoms. The van der Waals surface area contributed by atoms with Crippen molar-refractivity contribution in [2.45, 2.75) is 128 Å². The molecule has 0 rings (SSSR count). The molecule has 154 valence electrons. The smallest absolute Gasteiger partial charge is 0.209 e. The van der Waals surface area contributed by atoms with Crippen LogP contribution in [0.5, 0.6) is 0 Å². The Morgan fingerprint density at radius 3 is 1.00 bits per heavy atom. The van der Waals surface area contributed by atoms with Gasteiger partial charge < -0.3 is 10.2 Å². The molecule has 0 aliphatic heterocycles. The van der Waals surface area contributed by atoms with Gasteiger partial charge in [0.2, 0.25) is 5.12 Å². The van der Waals surface area contributed by atoms with Gasteiger partial charge in [0.15, 0.2) is 0 Å². The monoisotopic (exact) mass is 394 g/mol. The average molecular weight is 395 g/mol. The van der Waals surface area contributed by atoms with E-state index in [1.165, 1.54) is 103 Å². The lowest BCUT2D eigenvalue weighted by atomic mass is 10.0. The second kappa shape index (κ2) is 22.7. The zero-order valence-corrected chi connectivity index (χ0v) is 18.8. The van der Waals surface area contributed by atoms with Crippen molar-refractivity contribution in [3.8, 4) is 0 Å². The first-order valence-corrected chi connectivity index (χ1v) is 11.8. The van der Waals surface area contributed by atoms with Crippen LogP contribution in [0, 0.1) is 0 Å². The van der Waals surface area contributed by atoms with Gasteiger partial charge in [-0.1, -0.05) is 110 Å². The normalized spacial score (nSPS) is 11.3. The van der Waals surface area contributed by atoms with Crippen molar-refractivity contribution < 1.29 is 10.2 Å². The van der Waals surface area contributed by atoms with Gasteiger partial charge in [-0.2, -0.15) is 12.6 Å². The predicted molar refractivity (Wildman–Crippen MR) is 120 cm³/mol. The molecule has 0 aliphatic carbocycles. The highest BCUT2D eigenvalue weighted by Gasteiger charge is 2.10. The molecule has 0 saturated heterocycles. The molecular weight excluding hydrogens is 348 g/mol. The van der Waals surface area contributed by atoms with E-state index >= 15 is 0 Å². The van der Waals surface area contributed by atoms with Crippen molar-refractivity contribution in [3.63, 3.8) is 0 Å². The van der Waals surface area contributed by atoms with Gasteiger partial charge >= 0.3 is 0 Å². The van der Waals surface area contributed by atoms with Gasteiger partial charge in [-0.25, -0.2) is 0 Å². The summed E-state index contributed by atoms with van der Waals surface area (Å²) in [6.45, 7) is 3.92. The fourth-order valence-corrected chi connectivity index (χ4v) is 2.88. The van der Waals surface area contributed by atoms with Crippen LogP contribution < -0.4 is 0 Å². The third-order valence-corrected chi connectivity index (χ3v) is 5.12. The number of aliphatic hydroxyl groups is 2. The molecule has 4 heteroatoms. The van der Waals surface area contributed by atoms with Crippen LogP contribution in [0.15, 0.2) is 0 Å². The van der Waals surface area contributed by atoms with E-state index in [1.807, 2.05) is 0 Å². The topological polar surface area (TPSA) is 40.5 Å². The van der Waals surface area contributed by atoms with E-state index in [0.29, 0.717) is 0 Å². The summed E-state index contributed by atoms with van der Waals surface area (Å²) in [4.78, 5) is 0. The fraction of sp³-hybridized carbons (Fsp3) is 1.00. The fourth-order valence-electron chi connectivity index (χ4n) is 2.66. The zero-order chi connectivity index (χ0) is 19.2. The lowest BCUT2D eigenvalue weighted by molar-refractivity contribution is -0.0754. The highest BCUT2D eigenvalue weighted by atomic mass is 32.1. The maximum atomic E-state index is 8.25. The van der Waals surface area contributed by atoms with Crippen molar-refractivity contribution >= 4 is 25.3 Å². The molecule has 0 atom stereocenters. The minimum absolute atomic E-state index is 0.246. The Hall–Kier alpha value is 0.620. The minimum atomic E-state index is -1.76. The first-order valence-electron chi connectivity index (χ1n) is 10.8. The molecular formula is C21H46O2S2. The van der Waals surface area contributed by atoms with Gasteiger partial charge in [0, 0.05) is 6.42 Å². The summed E-state index contributed by atoms with van der Waals surface area (Å²) in [6, 6.07) is 0. The van der Waals surface area contributed by atoms with Gasteiger partial charge in [0.1, 0.15) is 0 Å². The first kappa shape index (κ1) is 27.8. The van der Waals surface area contributed by atoms with Crippen LogP contribution in [-0.4, -0.2) is 21.1 Å². The number of hydrogen-bond donors (Lipinski definition) is 4. The lowest BCUT2D eigenvalue weighted by Gasteiger charge is -2.08. The van der Waals surface area contributed by atoms with E-state index in [9.17, 15) is 0 Å². The second-order valence-electron chi connectivity index (χ2n) is 7.15. The predicted octanol–water partition coefficient (Wildman–Crippen LogP) is 7.14. The standard InChI is InChI=1S/C18H38S.C3H8O2S/c1-2-3-4-5-6-7-8-9-10-11-12-13-14-15-16-17-18-19;1-2-3(4,5)6/h19H,2-18H2,1H3;4-6H,2H2,1H3. The number of thiol groups is 2. The van der Waals surface area contributed by atoms with E-state index in [4.69, 9.17) is 10.2 Å². The van der Waals surface area contributed by atoms with E-state index in [2.05, 4.69) is 32.2 Å².